The fourth-order valence-corrected chi connectivity index (χ4v) is 1.57. The Bertz CT molecular complexity index is 574. The molecule has 0 heterocycles. The van der Waals surface area contributed by atoms with E-state index in [0.29, 0.717) is 0 Å². The Labute approximate surface area is 101 Å². The van der Waals surface area contributed by atoms with Crippen LogP contribution in [0.2, 0.25) is 0 Å². The van der Waals surface area contributed by atoms with E-state index in [9.17, 15) is 19.0 Å². The van der Waals surface area contributed by atoms with Gasteiger partial charge in [0.15, 0.2) is 0 Å². The van der Waals surface area contributed by atoms with Crippen LogP contribution in [0, 0.1) is 11.6 Å². The van der Waals surface area contributed by atoms with E-state index in [-0.39, 0.29) is 28.3 Å². The minimum Gasteiger partial charge on any atom is -0.506 e. The highest BCUT2D eigenvalue weighted by Gasteiger charge is 2.15. The number of rotatable bonds is 1. The van der Waals surface area contributed by atoms with E-state index < -0.39 is 17.4 Å². The molecule has 0 atom stereocenters. The van der Waals surface area contributed by atoms with E-state index in [1.165, 1.54) is 0 Å². The summed E-state index contributed by atoms with van der Waals surface area (Å²) in [4.78, 5) is 0. The van der Waals surface area contributed by atoms with Gasteiger partial charge in [-0.2, -0.15) is 0 Å². The Morgan fingerprint density at radius 3 is 1.83 bits per heavy atom. The SMILES string of the molecule is Nc1cc(-c2cc(O)c(N)cc2F)c(F)cc1O. The van der Waals surface area contributed by atoms with Gasteiger partial charge in [-0.1, -0.05) is 0 Å². The second-order valence-electron chi connectivity index (χ2n) is 3.78. The van der Waals surface area contributed by atoms with Crippen LogP contribution in [0.25, 0.3) is 11.1 Å². The van der Waals surface area contributed by atoms with E-state index in [0.717, 1.165) is 24.3 Å². The minimum absolute atomic E-state index is 0.0953. The molecule has 0 aliphatic heterocycles. The van der Waals surface area contributed by atoms with Gasteiger partial charge >= 0.3 is 0 Å². The molecule has 2 aromatic carbocycles. The molecule has 94 valence electrons. The topological polar surface area (TPSA) is 92.5 Å². The maximum atomic E-state index is 13.7. The Morgan fingerprint density at radius 1 is 0.722 bits per heavy atom. The summed E-state index contributed by atoms with van der Waals surface area (Å²) in [6.45, 7) is 0. The zero-order valence-electron chi connectivity index (χ0n) is 9.11. The molecule has 0 radical (unpaired) electrons. The van der Waals surface area contributed by atoms with Crippen molar-refractivity contribution in [3.63, 3.8) is 0 Å². The third-order valence-electron chi connectivity index (χ3n) is 2.52. The lowest BCUT2D eigenvalue weighted by atomic mass is 10.0. The third-order valence-corrected chi connectivity index (χ3v) is 2.52. The van der Waals surface area contributed by atoms with Gasteiger partial charge < -0.3 is 21.7 Å². The van der Waals surface area contributed by atoms with Gasteiger partial charge in [-0.15, -0.1) is 0 Å². The number of nitrogens with two attached hydrogens (primary N) is 2. The van der Waals surface area contributed by atoms with Crippen LogP contribution >= 0.6 is 0 Å². The van der Waals surface area contributed by atoms with Crippen LogP contribution in [0.1, 0.15) is 0 Å². The van der Waals surface area contributed by atoms with Crippen molar-refractivity contribution in [2.45, 2.75) is 0 Å². The normalized spacial score (nSPS) is 10.6. The first kappa shape index (κ1) is 12.0. The van der Waals surface area contributed by atoms with Crippen molar-refractivity contribution in [2.75, 3.05) is 11.5 Å². The molecule has 0 aliphatic rings. The van der Waals surface area contributed by atoms with Crippen molar-refractivity contribution in [1.29, 1.82) is 0 Å². The summed E-state index contributed by atoms with van der Waals surface area (Å²) in [7, 11) is 0. The van der Waals surface area contributed by atoms with Gasteiger partial charge in [0.25, 0.3) is 0 Å². The maximum Gasteiger partial charge on any atom is 0.141 e. The van der Waals surface area contributed by atoms with E-state index in [4.69, 9.17) is 11.5 Å². The predicted octanol–water partition coefficient (Wildman–Crippen LogP) is 2.21. The van der Waals surface area contributed by atoms with Crippen LogP contribution in [0.5, 0.6) is 11.5 Å². The highest BCUT2D eigenvalue weighted by molar-refractivity contribution is 5.74. The molecule has 0 saturated heterocycles. The Balaban J connectivity index is 2.69. The van der Waals surface area contributed by atoms with Gasteiger partial charge in [0.2, 0.25) is 0 Å². The van der Waals surface area contributed by atoms with Gasteiger partial charge in [-0.3, -0.25) is 0 Å². The quantitative estimate of drug-likeness (QED) is 0.462. The molecule has 0 amide bonds. The minimum atomic E-state index is -0.857. The standard InChI is InChI=1S/C12H10F2N2O2/c13-7-3-10(16)11(17)2-6(7)5-1-9(15)12(18)4-8(5)14/h1-4,17-18H,15-16H2. The number of nitrogen functional groups attached to an aromatic ring is 2. The number of phenols is 2. The average molecular weight is 252 g/mol. The molecule has 2 rings (SSSR count). The lowest BCUT2D eigenvalue weighted by molar-refractivity contribution is 0.472. The zero-order valence-corrected chi connectivity index (χ0v) is 9.11. The van der Waals surface area contributed by atoms with Crippen LogP contribution in [0.4, 0.5) is 20.2 Å². The summed E-state index contributed by atoms with van der Waals surface area (Å²) in [5.74, 6) is -2.45. The predicted molar refractivity (Wildman–Crippen MR) is 63.9 cm³/mol. The molecular formula is C12H10F2N2O2. The summed E-state index contributed by atoms with van der Waals surface area (Å²) in [6, 6.07) is 3.74. The van der Waals surface area contributed by atoms with E-state index in [1.807, 2.05) is 0 Å². The fraction of sp³-hybridized carbons (Fsp3) is 0. The number of halogens is 2. The zero-order chi connectivity index (χ0) is 13.4. The lowest BCUT2D eigenvalue weighted by Crippen LogP contribution is -1.95. The Hall–Kier alpha value is -2.50. The molecule has 0 spiro atoms. The molecule has 6 N–H and O–H groups in total. The second kappa shape index (κ2) is 4.06. The van der Waals surface area contributed by atoms with Crippen molar-refractivity contribution < 1.29 is 19.0 Å². The van der Waals surface area contributed by atoms with E-state index in [2.05, 4.69) is 0 Å². The fourth-order valence-electron chi connectivity index (χ4n) is 1.57. The van der Waals surface area contributed by atoms with Crippen LogP contribution < -0.4 is 11.5 Å². The Kier molecular flexibility index (Phi) is 2.70. The number of benzene rings is 2. The molecular weight excluding hydrogens is 242 g/mol. The molecule has 2 aromatic rings. The number of phenolic OH excluding ortho intramolecular Hbond substituents is 2. The summed E-state index contributed by atoms with van der Waals surface area (Å²) >= 11 is 0. The molecule has 0 bridgehead atoms. The van der Waals surface area contributed by atoms with Gasteiger partial charge in [-0.05, 0) is 12.1 Å². The molecule has 4 nitrogen and oxygen atoms in total. The summed E-state index contributed by atoms with van der Waals surface area (Å²) in [5.41, 5.74) is 10.1. The second-order valence-corrected chi connectivity index (χ2v) is 3.78. The van der Waals surface area contributed by atoms with Crippen LogP contribution in [-0.4, -0.2) is 10.2 Å². The van der Waals surface area contributed by atoms with Gasteiger partial charge in [0.1, 0.15) is 23.1 Å². The summed E-state index contributed by atoms with van der Waals surface area (Å²) in [5, 5.41) is 18.6. The molecule has 6 heteroatoms. The lowest BCUT2D eigenvalue weighted by Gasteiger charge is -2.09. The number of aromatic hydroxyl groups is 2. The maximum absolute atomic E-state index is 13.7. The van der Waals surface area contributed by atoms with E-state index >= 15 is 0 Å². The summed E-state index contributed by atoms with van der Waals surface area (Å²) in [6.07, 6.45) is 0. The van der Waals surface area contributed by atoms with Crippen molar-refractivity contribution in [3.05, 3.63) is 35.9 Å². The number of anilines is 2. The van der Waals surface area contributed by atoms with Crippen LogP contribution in [0.3, 0.4) is 0 Å². The highest BCUT2D eigenvalue weighted by atomic mass is 19.1. The smallest absolute Gasteiger partial charge is 0.141 e. The summed E-state index contributed by atoms with van der Waals surface area (Å²) < 4.78 is 27.3. The first-order valence-electron chi connectivity index (χ1n) is 4.96. The highest BCUT2D eigenvalue weighted by Crippen LogP contribution is 2.35. The van der Waals surface area contributed by atoms with Crippen LogP contribution in [-0.2, 0) is 0 Å². The first-order chi connectivity index (χ1) is 8.40. The van der Waals surface area contributed by atoms with Crippen LogP contribution in [0.15, 0.2) is 24.3 Å². The third kappa shape index (κ3) is 1.88. The molecule has 0 saturated carbocycles. The van der Waals surface area contributed by atoms with Gasteiger partial charge in [-0.25, -0.2) is 8.78 Å². The van der Waals surface area contributed by atoms with Crippen molar-refractivity contribution in [2.24, 2.45) is 0 Å². The molecule has 18 heavy (non-hydrogen) atoms. The largest absolute Gasteiger partial charge is 0.506 e. The van der Waals surface area contributed by atoms with Crippen molar-refractivity contribution in [1.82, 2.24) is 0 Å². The molecule has 0 aromatic heterocycles. The molecule has 0 aliphatic carbocycles. The van der Waals surface area contributed by atoms with Gasteiger partial charge in [0, 0.05) is 23.3 Å². The van der Waals surface area contributed by atoms with Crippen molar-refractivity contribution >= 4 is 11.4 Å². The van der Waals surface area contributed by atoms with Crippen molar-refractivity contribution in [3.8, 4) is 22.6 Å². The van der Waals surface area contributed by atoms with E-state index in [1.54, 1.807) is 0 Å². The molecule has 0 unspecified atom stereocenters. The average Bonchev–Trinajstić information content (AvgIpc) is 2.29. The number of hydrogen-bond acceptors (Lipinski definition) is 4. The Morgan fingerprint density at radius 2 is 1.17 bits per heavy atom. The molecule has 0 fully saturated rings. The van der Waals surface area contributed by atoms with Gasteiger partial charge in [0.05, 0.1) is 11.4 Å². The number of hydrogen-bond donors (Lipinski definition) is 4. The monoisotopic (exact) mass is 252 g/mol. The first-order valence-corrected chi connectivity index (χ1v) is 4.96.